The van der Waals surface area contributed by atoms with Gasteiger partial charge >= 0.3 is 0 Å². The van der Waals surface area contributed by atoms with Gasteiger partial charge in [0.25, 0.3) is 0 Å². The van der Waals surface area contributed by atoms with Crippen molar-refractivity contribution in [3.05, 3.63) is 12.2 Å². The first-order valence-electron chi connectivity index (χ1n) is 5.64. The SMILES string of the molecule is C=C(C)[C@]1(O)C(C)(C)[C@H]2CC[C@]1(C)C2. The van der Waals surface area contributed by atoms with Gasteiger partial charge in [-0.15, -0.1) is 0 Å². The molecule has 2 saturated carbocycles. The zero-order chi connectivity index (χ0) is 10.8. The lowest BCUT2D eigenvalue weighted by Gasteiger charge is -2.51. The predicted octanol–water partition coefficient (Wildman–Crippen LogP) is 3.14. The highest BCUT2D eigenvalue weighted by Crippen LogP contribution is 2.69. The molecule has 2 aliphatic rings. The third-order valence-corrected chi connectivity index (χ3v) is 5.19. The second-order valence-electron chi connectivity index (χ2n) is 6.21. The molecule has 0 aromatic rings. The smallest absolute Gasteiger partial charge is 0.0958 e. The van der Waals surface area contributed by atoms with E-state index < -0.39 is 5.60 Å². The van der Waals surface area contributed by atoms with Gasteiger partial charge in [-0.25, -0.2) is 0 Å². The van der Waals surface area contributed by atoms with Crippen molar-refractivity contribution in [3.8, 4) is 0 Å². The number of fused-ring (bicyclic) bond motifs is 2. The van der Waals surface area contributed by atoms with Crippen LogP contribution in [0.5, 0.6) is 0 Å². The molecule has 0 unspecified atom stereocenters. The standard InChI is InChI=1S/C13H22O/c1-9(2)13(14)11(3,4)10-6-7-12(13,5)8-10/h10,14H,1,6-8H2,2-5H3/t10-,12+,13-/m0/s1. The maximum Gasteiger partial charge on any atom is 0.0958 e. The summed E-state index contributed by atoms with van der Waals surface area (Å²) in [5, 5.41) is 10.9. The topological polar surface area (TPSA) is 20.2 Å². The van der Waals surface area contributed by atoms with E-state index in [0.717, 1.165) is 12.0 Å². The van der Waals surface area contributed by atoms with Crippen LogP contribution in [0.15, 0.2) is 12.2 Å². The van der Waals surface area contributed by atoms with Crippen molar-refractivity contribution in [2.75, 3.05) is 0 Å². The van der Waals surface area contributed by atoms with Crippen LogP contribution in [0, 0.1) is 16.7 Å². The third-order valence-electron chi connectivity index (χ3n) is 5.19. The Hall–Kier alpha value is -0.300. The van der Waals surface area contributed by atoms with Gasteiger partial charge in [-0.1, -0.05) is 27.4 Å². The van der Waals surface area contributed by atoms with Gasteiger partial charge in [0.1, 0.15) is 0 Å². The minimum atomic E-state index is -0.650. The molecule has 0 spiro atoms. The zero-order valence-corrected chi connectivity index (χ0v) is 9.85. The highest BCUT2D eigenvalue weighted by Gasteiger charge is 2.68. The van der Waals surface area contributed by atoms with Crippen LogP contribution in [0.25, 0.3) is 0 Å². The summed E-state index contributed by atoms with van der Waals surface area (Å²) in [4.78, 5) is 0. The van der Waals surface area contributed by atoms with Crippen LogP contribution in [0.1, 0.15) is 47.0 Å². The fraction of sp³-hybridized carbons (Fsp3) is 0.846. The van der Waals surface area contributed by atoms with Crippen molar-refractivity contribution in [2.24, 2.45) is 16.7 Å². The lowest BCUT2D eigenvalue weighted by molar-refractivity contribution is -0.112. The molecule has 1 heteroatoms. The van der Waals surface area contributed by atoms with E-state index in [-0.39, 0.29) is 10.8 Å². The molecule has 2 aliphatic carbocycles. The van der Waals surface area contributed by atoms with Gasteiger partial charge in [0.15, 0.2) is 0 Å². The molecular formula is C13H22O. The molecule has 80 valence electrons. The Labute approximate surface area is 87.2 Å². The van der Waals surface area contributed by atoms with Gasteiger partial charge in [0, 0.05) is 10.8 Å². The molecule has 2 rings (SSSR count). The molecule has 2 bridgehead atoms. The van der Waals surface area contributed by atoms with Gasteiger partial charge in [-0.3, -0.25) is 0 Å². The van der Waals surface area contributed by atoms with Crippen molar-refractivity contribution in [3.63, 3.8) is 0 Å². The fourth-order valence-corrected chi connectivity index (χ4v) is 4.32. The zero-order valence-electron chi connectivity index (χ0n) is 9.85. The van der Waals surface area contributed by atoms with Crippen molar-refractivity contribution >= 4 is 0 Å². The average Bonchev–Trinajstić information content (AvgIpc) is 2.51. The maximum absolute atomic E-state index is 10.9. The Kier molecular flexibility index (Phi) is 1.78. The second kappa shape index (κ2) is 2.44. The molecule has 0 radical (unpaired) electrons. The quantitative estimate of drug-likeness (QED) is 0.636. The summed E-state index contributed by atoms with van der Waals surface area (Å²) in [7, 11) is 0. The lowest BCUT2D eigenvalue weighted by Crippen LogP contribution is -2.54. The highest BCUT2D eigenvalue weighted by atomic mass is 16.3. The number of aliphatic hydroxyl groups is 1. The van der Waals surface area contributed by atoms with Crippen LogP contribution in [0.2, 0.25) is 0 Å². The van der Waals surface area contributed by atoms with Crippen LogP contribution in [-0.4, -0.2) is 10.7 Å². The van der Waals surface area contributed by atoms with E-state index in [4.69, 9.17) is 0 Å². The lowest BCUT2D eigenvalue weighted by atomic mass is 9.58. The molecule has 1 nitrogen and oxygen atoms in total. The summed E-state index contributed by atoms with van der Waals surface area (Å²) in [6.45, 7) is 12.6. The Balaban J connectivity index is 2.54. The minimum absolute atomic E-state index is 0.00579. The van der Waals surface area contributed by atoms with Crippen molar-refractivity contribution in [1.82, 2.24) is 0 Å². The normalized spacial score (nSPS) is 49.6. The Morgan fingerprint density at radius 2 is 1.93 bits per heavy atom. The molecule has 0 amide bonds. The average molecular weight is 194 g/mol. The summed E-state index contributed by atoms with van der Waals surface area (Å²) in [5.41, 5.74) is 0.383. The van der Waals surface area contributed by atoms with Gasteiger partial charge in [0.05, 0.1) is 5.60 Å². The van der Waals surface area contributed by atoms with E-state index in [0.29, 0.717) is 5.92 Å². The summed E-state index contributed by atoms with van der Waals surface area (Å²) in [6, 6.07) is 0. The van der Waals surface area contributed by atoms with E-state index in [2.05, 4.69) is 27.4 Å². The third kappa shape index (κ3) is 0.809. The van der Waals surface area contributed by atoms with Crippen molar-refractivity contribution in [1.29, 1.82) is 0 Å². The largest absolute Gasteiger partial charge is 0.384 e. The molecule has 0 saturated heterocycles. The van der Waals surface area contributed by atoms with Crippen molar-refractivity contribution < 1.29 is 5.11 Å². The predicted molar refractivity (Wildman–Crippen MR) is 59.0 cm³/mol. The molecule has 14 heavy (non-hydrogen) atoms. The Morgan fingerprint density at radius 1 is 1.36 bits per heavy atom. The van der Waals surface area contributed by atoms with E-state index in [1.807, 2.05) is 6.92 Å². The first-order valence-corrected chi connectivity index (χ1v) is 5.64. The summed E-state index contributed by atoms with van der Waals surface area (Å²) in [5.74, 6) is 0.675. The van der Waals surface area contributed by atoms with Crippen molar-refractivity contribution in [2.45, 2.75) is 52.6 Å². The molecule has 0 aromatic heterocycles. The summed E-state index contributed by atoms with van der Waals surface area (Å²) < 4.78 is 0. The van der Waals surface area contributed by atoms with Crippen LogP contribution in [-0.2, 0) is 0 Å². The van der Waals surface area contributed by atoms with Gasteiger partial charge in [0.2, 0.25) is 0 Å². The molecule has 2 fully saturated rings. The molecule has 0 aromatic carbocycles. The van der Waals surface area contributed by atoms with Crippen LogP contribution in [0.4, 0.5) is 0 Å². The van der Waals surface area contributed by atoms with E-state index >= 15 is 0 Å². The van der Waals surface area contributed by atoms with Crippen LogP contribution >= 0.6 is 0 Å². The molecule has 3 atom stereocenters. The summed E-state index contributed by atoms with van der Waals surface area (Å²) >= 11 is 0. The molecule has 1 N–H and O–H groups in total. The van der Waals surface area contributed by atoms with E-state index in [1.54, 1.807) is 0 Å². The van der Waals surface area contributed by atoms with E-state index in [1.165, 1.54) is 12.8 Å². The molecule has 0 aliphatic heterocycles. The maximum atomic E-state index is 10.9. The number of hydrogen-bond donors (Lipinski definition) is 1. The van der Waals surface area contributed by atoms with Crippen LogP contribution in [0.3, 0.4) is 0 Å². The first-order chi connectivity index (χ1) is 6.26. The highest BCUT2D eigenvalue weighted by molar-refractivity contribution is 5.29. The summed E-state index contributed by atoms with van der Waals surface area (Å²) in [6.07, 6.45) is 3.60. The molecular weight excluding hydrogens is 172 g/mol. The van der Waals surface area contributed by atoms with E-state index in [9.17, 15) is 5.11 Å². The fourth-order valence-electron chi connectivity index (χ4n) is 4.32. The number of rotatable bonds is 1. The molecule has 0 heterocycles. The second-order valence-corrected chi connectivity index (χ2v) is 6.21. The monoisotopic (exact) mass is 194 g/mol. The van der Waals surface area contributed by atoms with Crippen LogP contribution < -0.4 is 0 Å². The number of hydrogen-bond acceptors (Lipinski definition) is 1. The Bertz CT molecular complexity index is 285. The van der Waals surface area contributed by atoms with Gasteiger partial charge in [-0.05, 0) is 37.7 Å². The van der Waals surface area contributed by atoms with Gasteiger partial charge < -0.3 is 5.11 Å². The Morgan fingerprint density at radius 3 is 2.21 bits per heavy atom. The minimum Gasteiger partial charge on any atom is -0.384 e. The first kappa shape index (κ1) is 10.2. The van der Waals surface area contributed by atoms with Gasteiger partial charge in [-0.2, -0.15) is 0 Å².